The molecule has 4 nitrogen and oxygen atoms in total. The van der Waals surface area contributed by atoms with Crippen LogP contribution in [-0.2, 0) is 6.42 Å². The number of para-hydroxylation sites is 1. The van der Waals surface area contributed by atoms with Crippen LogP contribution in [0.4, 0.5) is 0 Å². The third kappa shape index (κ3) is 7.17. The number of benzene rings is 5. The molecule has 4 heteroatoms. The van der Waals surface area contributed by atoms with E-state index in [0.717, 1.165) is 61.7 Å². The molecule has 1 unspecified atom stereocenters. The first kappa shape index (κ1) is 36.5. The number of rotatable bonds is 10. The maximum Gasteiger partial charge on any atom is 0.165 e. The van der Waals surface area contributed by atoms with Gasteiger partial charge < -0.3 is 4.42 Å². The van der Waals surface area contributed by atoms with Crippen molar-refractivity contribution in [1.82, 2.24) is 15.0 Å². The zero-order valence-corrected chi connectivity index (χ0v) is 32.8. The van der Waals surface area contributed by atoms with Gasteiger partial charge in [0.2, 0.25) is 0 Å². The van der Waals surface area contributed by atoms with Crippen LogP contribution in [0, 0.1) is 5.41 Å². The quantitative estimate of drug-likeness (QED) is 0.131. The van der Waals surface area contributed by atoms with E-state index in [0.29, 0.717) is 23.9 Å². The van der Waals surface area contributed by atoms with Crippen molar-refractivity contribution in [2.75, 3.05) is 0 Å². The molecule has 1 atom stereocenters. The number of allylic oxidation sites excluding steroid dienone is 13. The van der Waals surface area contributed by atoms with Crippen LogP contribution in [0.5, 0.6) is 0 Å². The summed E-state index contributed by atoms with van der Waals surface area (Å²) in [5.41, 5.74) is 12.4. The Balaban J connectivity index is 1.16. The lowest BCUT2D eigenvalue weighted by atomic mass is 9.71. The second-order valence-corrected chi connectivity index (χ2v) is 15.0. The normalized spacial score (nSPS) is 16.6. The Bertz CT molecular complexity index is 2920. The van der Waals surface area contributed by atoms with Gasteiger partial charge in [-0.3, -0.25) is 0 Å². The first-order chi connectivity index (χ1) is 28.5. The molecule has 5 aromatic carbocycles. The Morgan fingerprint density at radius 2 is 1.47 bits per heavy atom. The first-order valence-electron chi connectivity index (χ1n) is 19.9. The van der Waals surface area contributed by atoms with Crippen LogP contribution in [0.25, 0.3) is 73.6 Å². The minimum atomic E-state index is -0.125. The molecule has 58 heavy (non-hydrogen) atoms. The Morgan fingerprint density at radius 3 is 2.28 bits per heavy atom. The predicted molar refractivity (Wildman–Crippen MR) is 243 cm³/mol. The SMILES string of the molecule is C=Cc1cc(-c2ccccc2)ccc1/C=C\Cc1ccc2oc3ccccc3c2c1-c1nc(C2=CCC3(C)C=C(/C=C\C=C/C)C=CC3=C2)nc(-c2ccccc2)n1. The Kier molecular flexibility index (Phi) is 9.91. The van der Waals surface area contributed by atoms with E-state index in [1.807, 2.05) is 55.5 Å². The summed E-state index contributed by atoms with van der Waals surface area (Å²) in [6.07, 6.45) is 27.5. The smallest absolute Gasteiger partial charge is 0.165 e. The topological polar surface area (TPSA) is 51.8 Å². The van der Waals surface area contributed by atoms with E-state index < -0.39 is 0 Å². The lowest BCUT2D eigenvalue weighted by molar-refractivity contribution is 0.525. The van der Waals surface area contributed by atoms with Crippen LogP contribution in [0.2, 0.25) is 0 Å². The Morgan fingerprint density at radius 1 is 0.707 bits per heavy atom. The van der Waals surface area contributed by atoms with E-state index in [4.69, 9.17) is 19.4 Å². The molecule has 2 heterocycles. The molecule has 2 aromatic heterocycles. The molecule has 0 fully saturated rings. The van der Waals surface area contributed by atoms with Crippen LogP contribution in [0.15, 0.2) is 198 Å². The molecule has 280 valence electrons. The van der Waals surface area contributed by atoms with Crippen molar-refractivity contribution in [3.63, 3.8) is 0 Å². The maximum absolute atomic E-state index is 6.45. The van der Waals surface area contributed by atoms with E-state index in [1.165, 1.54) is 22.3 Å². The number of hydrogen-bond donors (Lipinski definition) is 0. The molecular formula is C54H43N3O. The fraction of sp³-hybridized carbons (Fsp3) is 0.0926. The van der Waals surface area contributed by atoms with Gasteiger partial charge in [0.05, 0.1) is 0 Å². The summed E-state index contributed by atoms with van der Waals surface area (Å²) in [6, 6.07) is 39.6. The highest BCUT2D eigenvalue weighted by atomic mass is 16.3. The monoisotopic (exact) mass is 749 g/mol. The first-order valence-corrected chi connectivity index (χ1v) is 19.9. The van der Waals surface area contributed by atoms with E-state index >= 15 is 0 Å². The maximum atomic E-state index is 6.45. The second kappa shape index (κ2) is 15.8. The molecule has 0 N–H and O–H groups in total. The average Bonchev–Trinajstić information content (AvgIpc) is 3.65. The van der Waals surface area contributed by atoms with Crippen molar-refractivity contribution in [3.8, 4) is 33.9 Å². The average molecular weight is 750 g/mol. The summed E-state index contributed by atoms with van der Waals surface area (Å²) in [6.45, 7) is 8.47. The second-order valence-electron chi connectivity index (χ2n) is 15.0. The van der Waals surface area contributed by atoms with E-state index in [1.54, 1.807) is 0 Å². The molecule has 0 radical (unpaired) electrons. The highest BCUT2D eigenvalue weighted by molar-refractivity contribution is 6.12. The fourth-order valence-electron chi connectivity index (χ4n) is 8.00. The lowest BCUT2D eigenvalue weighted by Gasteiger charge is -2.33. The molecule has 0 spiro atoms. The minimum Gasteiger partial charge on any atom is -0.456 e. The van der Waals surface area contributed by atoms with Crippen molar-refractivity contribution in [2.24, 2.45) is 5.41 Å². The van der Waals surface area contributed by atoms with Crippen molar-refractivity contribution in [1.29, 1.82) is 0 Å². The molecule has 0 aliphatic heterocycles. The van der Waals surface area contributed by atoms with Crippen LogP contribution in [0.1, 0.15) is 42.8 Å². The van der Waals surface area contributed by atoms with Gasteiger partial charge in [-0.25, -0.2) is 15.0 Å². The van der Waals surface area contributed by atoms with Gasteiger partial charge in [-0.05, 0) is 83.0 Å². The lowest BCUT2D eigenvalue weighted by Crippen LogP contribution is -2.20. The molecule has 0 bridgehead atoms. The van der Waals surface area contributed by atoms with Crippen molar-refractivity contribution < 1.29 is 4.42 Å². The zero-order valence-electron chi connectivity index (χ0n) is 32.8. The number of fused-ring (bicyclic) bond motifs is 4. The van der Waals surface area contributed by atoms with E-state index in [-0.39, 0.29) is 5.41 Å². The number of nitrogens with zero attached hydrogens (tertiary/aromatic N) is 3. The summed E-state index contributed by atoms with van der Waals surface area (Å²) in [5.74, 6) is 1.89. The molecule has 2 aliphatic rings. The largest absolute Gasteiger partial charge is 0.456 e. The summed E-state index contributed by atoms with van der Waals surface area (Å²) >= 11 is 0. The minimum absolute atomic E-state index is 0.125. The number of furan rings is 1. The van der Waals surface area contributed by atoms with Gasteiger partial charge in [0.15, 0.2) is 17.5 Å². The van der Waals surface area contributed by atoms with Crippen molar-refractivity contribution in [2.45, 2.75) is 26.7 Å². The molecule has 9 rings (SSSR count). The molecule has 7 aromatic rings. The van der Waals surface area contributed by atoms with Gasteiger partial charge in [-0.1, -0.05) is 177 Å². The third-order valence-corrected chi connectivity index (χ3v) is 11.1. The number of hydrogen-bond acceptors (Lipinski definition) is 4. The Labute approximate surface area is 340 Å². The highest BCUT2D eigenvalue weighted by Crippen LogP contribution is 2.44. The van der Waals surface area contributed by atoms with E-state index in [9.17, 15) is 0 Å². The summed E-state index contributed by atoms with van der Waals surface area (Å²) in [5, 5.41) is 2.03. The number of aromatic nitrogens is 3. The highest BCUT2D eigenvalue weighted by Gasteiger charge is 2.31. The van der Waals surface area contributed by atoms with Crippen LogP contribution >= 0.6 is 0 Å². The van der Waals surface area contributed by atoms with Crippen molar-refractivity contribution in [3.05, 3.63) is 216 Å². The van der Waals surface area contributed by atoms with Crippen LogP contribution in [0.3, 0.4) is 0 Å². The van der Waals surface area contributed by atoms with Gasteiger partial charge >= 0.3 is 0 Å². The molecule has 0 amide bonds. The van der Waals surface area contributed by atoms with Crippen LogP contribution < -0.4 is 0 Å². The van der Waals surface area contributed by atoms with Gasteiger partial charge in [0.25, 0.3) is 0 Å². The zero-order chi connectivity index (χ0) is 39.5. The third-order valence-electron chi connectivity index (χ3n) is 11.1. The Hall–Kier alpha value is -7.17. The van der Waals surface area contributed by atoms with Crippen LogP contribution in [-0.4, -0.2) is 15.0 Å². The van der Waals surface area contributed by atoms with Gasteiger partial charge in [0.1, 0.15) is 11.2 Å². The standard InChI is InChI=1S/C54H43N3O/c1-4-6-9-17-37-26-30-45-35-44(32-33-54(45,3)36-37)52-55-51(42-20-12-8-13-21-42)56-53(57-52)49-41(29-31-48-50(49)46-24-14-15-25-47(46)58-48)23-16-22-40-27-28-43(34-38(40)5-2)39-18-10-7-11-19-39/h4-22,24-32,34-36H,2,23,33H2,1,3H3/b6-4-,17-9-,22-16-. The summed E-state index contributed by atoms with van der Waals surface area (Å²) < 4.78 is 6.45. The molecule has 0 saturated heterocycles. The predicted octanol–water partition coefficient (Wildman–Crippen LogP) is 14.0. The van der Waals surface area contributed by atoms with Crippen molar-refractivity contribution >= 4 is 39.7 Å². The molecule has 2 aliphatic carbocycles. The van der Waals surface area contributed by atoms with Gasteiger partial charge in [0, 0.05) is 32.9 Å². The fourth-order valence-corrected chi connectivity index (χ4v) is 8.00. The molecule has 0 saturated carbocycles. The summed E-state index contributed by atoms with van der Waals surface area (Å²) in [7, 11) is 0. The van der Waals surface area contributed by atoms with E-state index in [2.05, 4.69) is 153 Å². The van der Waals surface area contributed by atoms with Gasteiger partial charge in [-0.2, -0.15) is 0 Å². The van der Waals surface area contributed by atoms with Gasteiger partial charge in [-0.15, -0.1) is 0 Å². The molecular weight excluding hydrogens is 707 g/mol. The summed E-state index contributed by atoms with van der Waals surface area (Å²) in [4.78, 5) is 15.7.